The van der Waals surface area contributed by atoms with Gasteiger partial charge in [-0.15, -0.1) is 0 Å². The number of aliphatic imine (C=N–C) groups is 1. The van der Waals surface area contributed by atoms with E-state index in [9.17, 15) is 8.42 Å². The van der Waals surface area contributed by atoms with Crippen molar-refractivity contribution in [2.24, 2.45) is 4.99 Å². The summed E-state index contributed by atoms with van der Waals surface area (Å²) in [6.45, 7) is 1.73. The number of rotatable bonds is 1. The predicted octanol–water partition coefficient (Wildman–Crippen LogP) is 2.03. The van der Waals surface area contributed by atoms with Crippen molar-refractivity contribution in [3.63, 3.8) is 0 Å². The molecule has 0 bridgehead atoms. The Hall–Kier alpha value is -1.33. The summed E-state index contributed by atoms with van der Waals surface area (Å²) >= 11 is 5.78. The highest BCUT2D eigenvalue weighted by Crippen LogP contribution is 2.30. The fourth-order valence-electron chi connectivity index (χ4n) is 1.75. The third kappa shape index (κ3) is 2.08. The van der Waals surface area contributed by atoms with E-state index in [0.29, 0.717) is 22.0 Å². The molecule has 1 heterocycles. The molecule has 0 spiro atoms. The van der Waals surface area contributed by atoms with Crippen molar-refractivity contribution in [3.8, 4) is 0 Å². The molecule has 0 unspecified atom stereocenters. The molecule has 1 N–H and O–H groups in total. The van der Waals surface area contributed by atoms with Crippen molar-refractivity contribution >= 4 is 32.4 Å². The van der Waals surface area contributed by atoms with Crippen LogP contribution in [0.2, 0.25) is 5.02 Å². The minimum Gasteiger partial charge on any atom is -0.271 e. The first-order valence-electron chi connectivity index (χ1n) is 4.92. The van der Waals surface area contributed by atoms with Crippen molar-refractivity contribution in [2.75, 3.05) is 7.05 Å². The van der Waals surface area contributed by atoms with Gasteiger partial charge >= 0.3 is 0 Å². The Bertz CT molecular complexity index is 615. The maximum atomic E-state index is 11.9. The predicted molar refractivity (Wildman–Crippen MR) is 69.5 cm³/mol. The van der Waals surface area contributed by atoms with E-state index in [2.05, 4.69) is 9.71 Å². The third-order valence-electron chi connectivity index (χ3n) is 2.53. The Morgan fingerprint density at radius 2 is 1.82 bits per heavy atom. The molecule has 0 aliphatic carbocycles. The molecule has 4 nitrogen and oxygen atoms in total. The summed E-state index contributed by atoms with van der Waals surface area (Å²) in [5.41, 5.74) is 1.23. The molecule has 90 valence electrons. The SMILES string of the molecule is CN=C1NS(=O)(=O)C(c2ccc(Cl)cc2)=C1C. The number of hydrogen-bond donors (Lipinski definition) is 1. The Morgan fingerprint density at radius 1 is 1.24 bits per heavy atom. The monoisotopic (exact) mass is 270 g/mol. The smallest absolute Gasteiger partial charge is 0.264 e. The maximum absolute atomic E-state index is 11.9. The van der Waals surface area contributed by atoms with E-state index >= 15 is 0 Å². The van der Waals surface area contributed by atoms with Crippen LogP contribution in [0.3, 0.4) is 0 Å². The molecule has 6 heteroatoms. The van der Waals surface area contributed by atoms with Gasteiger partial charge in [0.15, 0.2) is 0 Å². The third-order valence-corrected chi connectivity index (χ3v) is 4.32. The molecular formula is C11H11ClN2O2S. The summed E-state index contributed by atoms with van der Waals surface area (Å²) in [7, 11) is -1.96. The summed E-state index contributed by atoms with van der Waals surface area (Å²) in [6.07, 6.45) is 0. The number of sulfonamides is 1. The van der Waals surface area contributed by atoms with Crippen molar-refractivity contribution in [3.05, 3.63) is 40.4 Å². The minimum absolute atomic E-state index is 0.259. The molecular weight excluding hydrogens is 260 g/mol. The largest absolute Gasteiger partial charge is 0.271 e. The van der Waals surface area contributed by atoms with E-state index in [-0.39, 0.29) is 4.91 Å². The Kier molecular flexibility index (Phi) is 2.97. The molecule has 0 aromatic heterocycles. The van der Waals surface area contributed by atoms with E-state index in [1.165, 1.54) is 0 Å². The molecule has 0 saturated heterocycles. The molecule has 1 aromatic carbocycles. The normalized spacial score (nSPS) is 20.8. The van der Waals surface area contributed by atoms with Crippen LogP contribution in [-0.2, 0) is 10.0 Å². The molecule has 0 saturated carbocycles. The number of amidine groups is 1. The number of benzene rings is 1. The molecule has 0 amide bonds. The van der Waals surface area contributed by atoms with Gasteiger partial charge in [-0.05, 0) is 24.6 Å². The molecule has 1 aromatic rings. The summed E-state index contributed by atoms with van der Waals surface area (Å²) < 4.78 is 26.3. The molecule has 1 aliphatic rings. The molecule has 0 atom stereocenters. The summed E-state index contributed by atoms with van der Waals surface area (Å²) in [5, 5.41) is 0.569. The molecule has 17 heavy (non-hydrogen) atoms. The average molecular weight is 271 g/mol. The van der Waals surface area contributed by atoms with Crippen LogP contribution in [0.5, 0.6) is 0 Å². The van der Waals surface area contributed by atoms with E-state index in [1.54, 1.807) is 38.2 Å². The first kappa shape index (κ1) is 12.1. The standard InChI is InChI=1S/C11H11ClN2O2S/c1-7-10(8-3-5-9(12)6-4-8)17(15,16)14-11(7)13-2/h3-6H,1-2H3,(H,13,14). The highest BCUT2D eigenvalue weighted by atomic mass is 35.5. The molecule has 0 radical (unpaired) electrons. The Morgan fingerprint density at radius 3 is 2.29 bits per heavy atom. The van der Waals surface area contributed by atoms with Crippen molar-refractivity contribution in [2.45, 2.75) is 6.92 Å². The highest BCUT2D eigenvalue weighted by Gasteiger charge is 2.32. The van der Waals surface area contributed by atoms with E-state index in [0.717, 1.165) is 0 Å². The van der Waals surface area contributed by atoms with Gasteiger partial charge in [0.05, 0.1) is 0 Å². The number of halogens is 1. The van der Waals surface area contributed by atoms with Gasteiger partial charge in [-0.25, -0.2) is 8.42 Å². The zero-order valence-corrected chi connectivity index (χ0v) is 10.9. The zero-order chi connectivity index (χ0) is 12.6. The van der Waals surface area contributed by atoms with Gasteiger partial charge < -0.3 is 0 Å². The lowest BCUT2D eigenvalue weighted by Crippen LogP contribution is -2.23. The van der Waals surface area contributed by atoms with Crippen LogP contribution in [-0.4, -0.2) is 21.3 Å². The van der Waals surface area contributed by atoms with Crippen LogP contribution in [0, 0.1) is 0 Å². The topological polar surface area (TPSA) is 58.5 Å². The summed E-state index contributed by atoms with van der Waals surface area (Å²) in [6, 6.07) is 6.68. The van der Waals surface area contributed by atoms with Crippen LogP contribution >= 0.6 is 11.6 Å². The van der Waals surface area contributed by atoms with E-state index in [4.69, 9.17) is 11.6 Å². The van der Waals surface area contributed by atoms with Gasteiger partial charge in [-0.3, -0.25) is 9.71 Å². The van der Waals surface area contributed by atoms with Crippen molar-refractivity contribution in [1.82, 2.24) is 4.72 Å². The van der Waals surface area contributed by atoms with Gasteiger partial charge in [-0.2, -0.15) is 0 Å². The van der Waals surface area contributed by atoms with Crippen LogP contribution in [0.15, 0.2) is 34.8 Å². The number of hydrogen-bond acceptors (Lipinski definition) is 3. The second-order valence-corrected chi connectivity index (χ2v) is 5.69. The number of nitrogens with one attached hydrogen (secondary N) is 1. The van der Waals surface area contributed by atoms with E-state index < -0.39 is 10.0 Å². The van der Waals surface area contributed by atoms with Gasteiger partial charge in [0.25, 0.3) is 10.0 Å². The van der Waals surface area contributed by atoms with Gasteiger partial charge in [0, 0.05) is 17.6 Å². The van der Waals surface area contributed by atoms with Crippen LogP contribution in [0.1, 0.15) is 12.5 Å². The summed E-state index contributed by atoms with van der Waals surface area (Å²) in [5.74, 6) is 0.384. The fourth-order valence-corrected chi connectivity index (χ4v) is 3.42. The number of nitrogens with zero attached hydrogens (tertiary/aromatic N) is 1. The first-order chi connectivity index (χ1) is 7.95. The van der Waals surface area contributed by atoms with E-state index in [1.807, 2.05) is 0 Å². The second kappa shape index (κ2) is 4.16. The van der Waals surface area contributed by atoms with Gasteiger partial charge in [0.2, 0.25) is 0 Å². The summed E-state index contributed by atoms with van der Waals surface area (Å²) in [4.78, 5) is 4.16. The van der Waals surface area contributed by atoms with Gasteiger partial charge in [-0.1, -0.05) is 23.7 Å². The molecule has 0 fully saturated rings. The highest BCUT2D eigenvalue weighted by molar-refractivity contribution is 8.00. The second-order valence-electron chi connectivity index (χ2n) is 3.64. The van der Waals surface area contributed by atoms with Crippen molar-refractivity contribution in [1.29, 1.82) is 0 Å². The lowest BCUT2D eigenvalue weighted by Gasteiger charge is -2.02. The van der Waals surface area contributed by atoms with Crippen LogP contribution < -0.4 is 4.72 Å². The lowest BCUT2D eigenvalue weighted by atomic mass is 10.1. The Balaban J connectivity index is 2.64. The molecule has 1 aliphatic heterocycles. The maximum Gasteiger partial charge on any atom is 0.264 e. The fraction of sp³-hybridized carbons (Fsp3) is 0.182. The lowest BCUT2D eigenvalue weighted by molar-refractivity contribution is 0.603. The van der Waals surface area contributed by atoms with Crippen LogP contribution in [0.4, 0.5) is 0 Å². The quantitative estimate of drug-likeness (QED) is 0.849. The van der Waals surface area contributed by atoms with Crippen LogP contribution in [0.25, 0.3) is 4.91 Å². The van der Waals surface area contributed by atoms with Gasteiger partial charge in [0.1, 0.15) is 10.7 Å². The Labute approximate surface area is 105 Å². The molecule has 2 rings (SSSR count). The minimum atomic E-state index is -3.51. The zero-order valence-electron chi connectivity index (χ0n) is 9.36. The first-order valence-corrected chi connectivity index (χ1v) is 6.78. The van der Waals surface area contributed by atoms with Crippen molar-refractivity contribution < 1.29 is 8.42 Å². The average Bonchev–Trinajstić information content (AvgIpc) is 2.51.